The van der Waals surface area contributed by atoms with Crippen LogP contribution in [0.25, 0.3) is 22.2 Å². The number of hydrogen-bond donors (Lipinski definition) is 2. The van der Waals surface area contributed by atoms with E-state index in [0.29, 0.717) is 43.0 Å². The second kappa shape index (κ2) is 7.30. The van der Waals surface area contributed by atoms with E-state index in [2.05, 4.69) is 15.0 Å². The van der Waals surface area contributed by atoms with Crippen LogP contribution in [0.4, 0.5) is 11.6 Å². The van der Waals surface area contributed by atoms with Gasteiger partial charge in [0.05, 0.1) is 10.3 Å². The first-order valence-electron chi connectivity index (χ1n) is 9.12. The van der Waals surface area contributed by atoms with Crippen molar-refractivity contribution in [2.24, 2.45) is 11.7 Å². The quantitative estimate of drug-likeness (QED) is 0.504. The number of piperidine rings is 1. The van der Waals surface area contributed by atoms with Crippen molar-refractivity contribution in [1.82, 2.24) is 15.0 Å². The van der Waals surface area contributed by atoms with Crippen molar-refractivity contribution in [3.63, 3.8) is 0 Å². The minimum atomic E-state index is -0.483. The summed E-state index contributed by atoms with van der Waals surface area (Å²) >= 11 is 0. The number of pyridine rings is 1. The Bertz CT molecular complexity index is 1170. The third-order valence-corrected chi connectivity index (χ3v) is 5.16. The van der Waals surface area contributed by atoms with Crippen LogP contribution < -0.4 is 16.2 Å². The molecule has 0 saturated carbocycles. The summed E-state index contributed by atoms with van der Waals surface area (Å²) in [5.74, 6) is -0.0981. The molecule has 1 aliphatic rings. The number of rotatable bonds is 4. The molecule has 1 amide bonds. The molecular weight excluding hydrogens is 376 g/mol. The van der Waals surface area contributed by atoms with Crippen LogP contribution >= 0.6 is 0 Å². The first-order valence-corrected chi connectivity index (χ1v) is 9.12. The Balaban J connectivity index is 1.74. The highest BCUT2D eigenvalue weighted by molar-refractivity contribution is 5.92. The van der Waals surface area contributed by atoms with E-state index in [-0.39, 0.29) is 34.1 Å². The average molecular weight is 394 g/mol. The summed E-state index contributed by atoms with van der Waals surface area (Å²) in [5.41, 5.74) is 6.24. The molecule has 29 heavy (non-hydrogen) atoms. The number of nitrogens with one attached hydrogen (secondary N) is 1. The van der Waals surface area contributed by atoms with Crippen LogP contribution in [0.2, 0.25) is 0 Å². The lowest BCUT2D eigenvalue weighted by Crippen LogP contribution is -2.40. The number of nitro groups is 1. The van der Waals surface area contributed by atoms with Crippen LogP contribution in [0, 0.1) is 16.0 Å². The van der Waals surface area contributed by atoms with E-state index in [1.807, 2.05) is 4.90 Å². The Morgan fingerprint density at radius 2 is 2.03 bits per heavy atom. The Morgan fingerprint density at radius 3 is 2.72 bits per heavy atom. The maximum absolute atomic E-state index is 12.9. The predicted octanol–water partition coefficient (Wildman–Crippen LogP) is 1.59. The van der Waals surface area contributed by atoms with Crippen molar-refractivity contribution in [1.29, 1.82) is 0 Å². The molecule has 3 heterocycles. The minimum Gasteiger partial charge on any atom is -0.369 e. The van der Waals surface area contributed by atoms with Crippen LogP contribution in [-0.4, -0.2) is 38.9 Å². The fraction of sp³-hybridized carbons (Fsp3) is 0.263. The van der Waals surface area contributed by atoms with E-state index in [1.165, 1.54) is 18.3 Å². The van der Waals surface area contributed by atoms with Gasteiger partial charge in [-0.1, -0.05) is 12.1 Å². The highest BCUT2D eigenvalue weighted by atomic mass is 16.6. The molecule has 1 aliphatic heterocycles. The number of nitro benzene ring substituents is 1. The number of nitrogens with two attached hydrogens (primary N) is 1. The van der Waals surface area contributed by atoms with Crippen LogP contribution in [0.1, 0.15) is 12.8 Å². The minimum absolute atomic E-state index is 0.0641. The number of hydrogen-bond acceptors (Lipinski definition) is 7. The molecule has 0 atom stereocenters. The zero-order chi connectivity index (χ0) is 20.5. The van der Waals surface area contributed by atoms with E-state index in [4.69, 9.17) is 5.73 Å². The van der Waals surface area contributed by atoms with Gasteiger partial charge in [-0.3, -0.25) is 24.7 Å². The van der Waals surface area contributed by atoms with Gasteiger partial charge in [0.1, 0.15) is 0 Å². The largest absolute Gasteiger partial charge is 0.369 e. The van der Waals surface area contributed by atoms with E-state index in [0.717, 1.165) is 0 Å². The van der Waals surface area contributed by atoms with Crippen LogP contribution in [0.15, 0.2) is 41.3 Å². The van der Waals surface area contributed by atoms with E-state index in [9.17, 15) is 19.7 Å². The molecule has 1 fully saturated rings. The third-order valence-electron chi connectivity index (χ3n) is 5.16. The molecule has 0 aliphatic carbocycles. The fourth-order valence-corrected chi connectivity index (χ4v) is 3.60. The van der Waals surface area contributed by atoms with Gasteiger partial charge < -0.3 is 10.6 Å². The Kier molecular flexibility index (Phi) is 4.67. The summed E-state index contributed by atoms with van der Waals surface area (Å²) in [6.07, 6.45) is 2.71. The molecule has 0 spiro atoms. The molecule has 148 valence electrons. The highest BCUT2D eigenvalue weighted by Gasteiger charge is 2.25. The van der Waals surface area contributed by atoms with Gasteiger partial charge in [-0.05, 0) is 24.5 Å². The molecule has 1 aromatic carbocycles. The highest BCUT2D eigenvalue weighted by Crippen LogP contribution is 2.28. The summed E-state index contributed by atoms with van der Waals surface area (Å²) in [6.45, 7) is 1.10. The molecule has 10 heteroatoms. The smallest absolute Gasteiger partial charge is 0.270 e. The number of carbonyl (C=O) groups is 1. The van der Waals surface area contributed by atoms with Gasteiger partial charge in [0.2, 0.25) is 11.9 Å². The predicted molar refractivity (Wildman–Crippen MR) is 106 cm³/mol. The maximum atomic E-state index is 12.9. The molecule has 3 N–H and O–H groups in total. The lowest BCUT2D eigenvalue weighted by atomic mass is 9.96. The topological polar surface area (TPSA) is 148 Å². The third kappa shape index (κ3) is 3.51. The van der Waals surface area contributed by atoms with Crippen molar-refractivity contribution in [3.05, 3.63) is 57.0 Å². The number of amides is 1. The second-order valence-corrected chi connectivity index (χ2v) is 6.92. The van der Waals surface area contributed by atoms with Gasteiger partial charge in [-0.25, -0.2) is 4.98 Å². The number of aromatic nitrogens is 3. The molecule has 0 unspecified atom stereocenters. The Hall–Kier alpha value is -3.82. The summed E-state index contributed by atoms with van der Waals surface area (Å²) in [5, 5.41) is 11.3. The SMILES string of the molecule is NC(=O)C1CCN(c2nc3nccc(-c4cccc([N+](=O)[O-])c4)c3c(=O)[nH]2)CC1. The first kappa shape index (κ1) is 18.5. The molecule has 10 nitrogen and oxygen atoms in total. The summed E-state index contributed by atoms with van der Waals surface area (Å²) in [7, 11) is 0. The molecule has 0 radical (unpaired) electrons. The summed E-state index contributed by atoms with van der Waals surface area (Å²) in [6, 6.07) is 7.71. The molecule has 3 aromatic rings. The standard InChI is InChI=1S/C19H18N6O4/c20-16(26)11-5-8-24(9-6-11)19-22-17-15(18(27)23-19)14(4-7-21-17)12-2-1-3-13(10-12)25(28)29/h1-4,7,10-11H,5-6,8-9H2,(H2,20,26)(H,21,22,23,27). The molecule has 1 saturated heterocycles. The molecular formula is C19H18N6O4. The number of fused-ring (bicyclic) bond motifs is 1. The van der Waals surface area contributed by atoms with Crippen molar-refractivity contribution in [2.45, 2.75) is 12.8 Å². The van der Waals surface area contributed by atoms with Crippen LogP contribution in [-0.2, 0) is 4.79 Å². The van der Waals surface area contributed by atoms with Crippen molar-refractivity contribution >= 4 is 28.6 Å². The second-order valence-electron chi connectivity index (χ2n) is 6.92. The first-order chi connectivity index (χ1) is 13.9. The van der Waals surface area contributed by atoms with Gasteiger partial charge in [-0.2, -0.15) is 4.98 Å². The number of anilines is 1. The number of primary amides is 1. The summed E-state index contributed by atoms with van der Waals surface area (Å²) < 4.78 is 0. The molecule has 2 aromatic heterocycles. The van der Waals surface area contributed by atoms with Gasteiger partial charge >= 0.3 is 0 Å². The fourth-order valence-electron chi connectivity index (χ4n) is 3.60. The van der Waals surface area contributed by atoms with Crippen molar-refractivity contribution < 1.29 is 9.72 Å². The van der Waals surface area contributed by atoms with Crippen molar-refractivity contribution in [2.75, 3.05) is 18.0 Å². The zero-order valence-electron chi connectivity index (χ0n) is 15.4. The maximum Gasteiger partial charge on any atom is 0.270 e. The Labute approximate surface area is 164 Å². The molecule has 4 rings (SSSR count). The number of carbonyl (C=O) groups excluding carboxylic acids is 1. The van der Waals surface area contributed by atoms with Crippen molar-refractivity contribution in [3.8, 4) is 11.1 Å². The Morgan fingerprint density at radius 1 is 1.28 bits per heavy atom. The van der Waals surface area contributed by atoms with Crippen LogP contribution in [0.3, 0.4) is 0 Å². The van der Waals surface area contributed by atoms with Gasteiger partial charge in [0.25, 0.3) is 11.2 Å². The monoisotopic (exact) mass is 394 g/mol. The normalized spacial score (nSPS) is 14.8. The molecule has 0 bridgehead atoms. The lowest BCUT2D eigenvalue weighted by molar-refractivity contribution is -0.384. The summed E-state index contributed by atoms with van der Waals surface area (Å²) in [4.78, 5) is 48.2. The number of nitrogens with zero attached hydrogens (tertiary/aromatic N) is 4. The number of H-pyrrole nitrogens is 1. The van der Waals surface area contributed by atoms with Gasteiger partial charge in [0, 0.05) is 42.9 Å². The zero-order valence-corrected chi connectivity index (χ0v) is 15.4. The van der Waals surface area contributed by atoms with E-state index < -0.39 is 4.92 Å². The van der Waals surface area contributed by atoms with Gasteiger partial charge in [-0.15, -0.1) is 0 Å². The van der Waals surface area contributed by atoms with E-state index >= 15 is 0 Å². The van der Waals surface area contributed by atoms with E-state index in [1.54, 1.807) is 18.2 Å². The number of aromatic amines is 1. The average Bonchev–Trinajstić information content (AvgIpc) is 2.73. The van der Waals surface area contributed by atoms with Crippen LogP contribution in [0.5, 0.6) is 0 Å². The number of non-ortho nitro benzene ring substituents is 1. The number of benzene rings is 1. The van der Waals surface area contributed by atoms with Gasteiger partial charge in [0.15, 0.2) is 5.65 Å². The lowest BCUT2D eigenvalue weighted by Gasteiger charge is -2.30.